The second kappa shape index (κ2) is 7.26. The fraction of sp³-hybridized carbons (Fsp3) is 0.200. The second-order valence-corrected chi connectivity index (χ2v) is 6.77. The predicted octanol–water partition coefficient (Wildman–Crippen LogP) is 4.78. The van der Waals surface area contributed by atoms with Crippen LogP contribution in [0.25, 0.3) is 28.3 Å². The highest BCUT2D eigenvalue weighted by molar-refractivity contribution is 5.77. The zero-order chi connectivity index (χ0) is 21.5. The van der Waals surface area contributed by atoms with Gasteiger partial charge >= 0.3 is 6.18 Å². The van der Waals surface area contributed by atoms with Crippen molar-refractivity contribution in [2.45, 2.75) is 25.6 Å². The zero-order valence-corrected chi connectivity index (χ0v) is 15.6. The molecule has 6 nitrogen and oxygen atoms in total. The van der Waals surface area contributed by atoms with E-state index >= 15 is 0 Å². The molecule has 0 fully saturated rings. The van der Waals surface area contributed by atoms with Gasteiger partial charge in [-0.15, -0.1) is 0 Å². The Morgan fingerprint density at radius 1 is 1.10 bits per heavy atom. The van der Waals surface area contributed by atoms with Crippen LogP contribution in [-0.4, -0.2) is 30.3 Å². The van der Waals surface area contributed by atoms with Crippen molar-refractivity contribution >= 4 is 5.65 Å². The Balaban J connectivity index is 1.92. The van der Waals surface area contributed by atoms with Crippen LogP contribution in [0.3, 0.4) is 0 Å². The number of nitrogens with zero attached hydrogens (tertiary/aromatic N) is 6. The first-order chi connectivity index (χ1) is 14.3. The van der Waals surface area contributed by atoms with Gasteiger partial charge in [-0.1, -0.05) is 0 Å². The minimum atomic E-state index is -4.37. The number of imidazole rings is 2. The lowest BCUT2D eigenvalue weighted by Crippen LogP contribution is -2.17. The molecule has 1 aromatic carbocycles. The van der Waals surface area contributed by atoms with Crippen molar-refractivity contribution in [2.24, 2.45) is 0 Å². The lowest BCUT2D eigenvalue weighted by atomic mass is 10.1. The van der Waals surface area contributed by atoms with E-state index in [9.17, 15) is 22.8 Å². The minimum absolute atomic E-state index is 0.185. The third kappa shape index (κ3) is 3.61. The molecule has 3 heterocycles. The molecular weight excluding hydrogens is 400 g/mol. The third-order valence-corrected chi connectivity index (χ3v) is 4.63. The summed E-state index contributed by atoms with van der Waals surface area (Å²) in [5.74, 6) is -0.443. The zero-order valence-electron chi connectivity index (χ0n) is 15.6. The van der Waals surface area contributed by atoms with Crippen LogP contribution in [0.15, 0.2) is 48.9 Å². The number of benzene rings is 1. The normalized spacial score (nSPS) is 12.8. The molecule has 3 aromatic heterocycles. The summed E-state index contributed by atoms with van der Waals surface area (Å²) in [5.41, 5.74) is 2.13. The number of nitriles is 1. The van der Waals surface area contributed by atoms with Crippen molar-refractivity contribution in [3.8, 4) is 28.7 Å². The van der Waals surface area contributed by atoms with E-state index in [1.807, 2.05) is 6.07 Å². The summed E-state index contributed by atoms with van der Waals surface area (Å²) in [6, 6.07) is 9.71. The quantitative estimate of drug-likeness (QED) is 0.451. The van der Waals surface area contributed by atoms with E-state index in [2.05, 4.69) is 15.1 Å². The van der Waals surface area contributed by atoms with Gasteiger partial charge in [0.1, 0.15) is 17.6 Å². The van der Waals surface area contributed by atoms with E-state index in [1.54, 1.807) is 12.1 Å². The van der Waals surface area contributed by atoms with Crippen molar-refractivity contribution < 1.29 is 17.6 Å². The first-order valence-electron chi connectivity index (χ1n) is 8.91. The fourth-order valence-corrected chi connectivity index (χ4v) is 3.28. The highest BCUT2D eigenvalue weighted by Crippen LogP contribution is 2.35. The Morgan fingerprint density at radius 3 is 2.50 bits per heavy atom. The number of rotatable bonds is 4. The Morgan fingerprint density at radius 2 is 1.83 bits per heavy atom. The van der Waals surface area contributed by atoms with Gasteiger partial charge < -0.3 is 4.57 Å². The van der Waals surface area contributed by atoms with E-state index in [-0.39, 0.29) is 5.69 Å². The van der Waals surface area contributed by atoms with Gasteiger partial charge in [0.15, 0.2) is 11.3 Å². The summed E-state index contributed by atoms with van der Waals surface area (Å²) >= 11 is 0. The number of aromatic nitrogens is 5. The number of alkyl halides is 3. The van der Waals surface area contributed by atoms with Crippen LogP contribution in [0.1, 0.15) is 25.1 Å². The van der Waals surface area contributed by atoms with Crippen LogP contribution >= 0.6 is 0 Å². The number of hydrogen-bond donors (Lipinski definition) is 0. The molecular formula is C20H14F4N6. The van der Waals surface area contributed by atoms with E-state index in [4.69, 9.17) is 0 Å². The van der Waals surface area contributed by atoms with E-state index in [1.165, 1.54) is 52.8 Å². The van der Waals surface area contributed by atoms with Gasteiger partial charge in [0.25, 0.3) is 0 Å². The number of hydrogen-bond acceptors (Lipinski definition) is 4. The lowest BCUT2D eigenvalue weighted by Gasteiger charge is -2.19. The highest BCUT2D eigenvalue weighted by Gasteiger charge is 2.32. The van der Waals surface area contributed by atoms with Crippen molar-refractivity contribution in [3.63, 3.8) is 0 Å². The first-order valence-corrected chi connectivity index (χ1v) is 8.91. The Hall–Kier alpha value is -3.74. The molecule has 0 spiro atoms. The second-order valence-electron chi connectivity index (χ2n) is 6.77. The van der Waals surface area contributed by atoms with Crippen LogP contribution in [0.2, 0.25) is 0 Å². The van der Waals surface area contributed by atoms with Crippen LogP contribution in [0, 0.1) is 17.1 Å². The Kier molecular flexibility index (Phi) is 4.73. The van der Waals surface area contributed by atoms with Gasteiger partial charge in [-0.3, -0.25) is 0 Å². The maximum Gasteiger partial charge on any atom is 0.391 e. The van der Waals surface area contributed by atoms with Crippen LogP contribution < -0.4 is 0 Å². The van der Waals surface area contributed by atoms with Gasteiger partial charge in [-0.25, -0.2) is 18.9 Å². The molecule has 0 unspecified atom stereocenters. The smallest absolute Gasteiger partial charge is 0.326 e. The standard InChI is InChI=1S/C20H14F4N6/c1-12(8-20(22,23)24)29-11-27-18(13-2-4-14(21)5-3-13)19(29)16-6-7-17-26-10-15(9-25)30(17)28-16/h2-7,10-12H,8H2,1H3/t12-/m0/s1. The molecule has 1 atom stereocenters. The van der Waals surface area contributed by atoms with E-state index < -0.39 is 24.5 Å². The maximum absolute atomic E-state index is 13.4. The van der Waals surface area contributed by atoms with Crippen LogP contribution in [0.5, 0.6) is 0 Å². The number of fused-ring (bicyclic) bond motifs is 1. The SMILES string of the molecule is C[C@@H](CC(F)(F)F)n1cnc(-c2ccc(F)cc2)c1-c1ccc2ncc(C#N)n2n1. The summed E-state index contributed by atoms with van der Waals surface area (Å²) < 4.78 is 55.1. The molecule has 0 saturated carbocycles. The predicted molar refractivity (Wildman–Crippen MR) is 99.7 cm³/mol. The topological polar surface area (TPSA) is 71.8 Å². The van der Waals surface area contributed by atoms with Gasteiger partial charge in [0.05, 0.1) is 30.3 Å². The summed E-state index contributed by atoms with van der Waals surface area (Å²) in [7, 11) is 0. The van der Waals surface area contributed by atoms with Gasteiger partial charge in [-0.05, 0) is 43.3 Å². The summed E-state index contributed by atoms with van der Waals surface area (Å²) in [6.07, 6.45) is -2.76. The molecule has 0 radical (unpaired) electrons. The monoisotopic (exact) mass is 414 g/mol. The van der Waals surface area contributed by atoms with Crippen LogP contribution in [0.4, 0.5) is 17.6 Å². The molecule has 10 heteroatoms. The maximum atomic E-state index is 13.4. The molecule has 0 aliphatic carbocycles. The number of halogens is 4. The highest BCUT2D eigenvalue weighted by atomic mass is 19.4. The third-order valence-electron chi connectivity index (χ3n) is 4.63. The average Bonchev–Trinajstić information content (AvgIpc) is 3.31. The Labute approximate surface area is 168 Å². The van der Waals surface area contributed by atoms with Gasteiger partial charge in [0.2, 0.25) is 0 Å². The summed E-state index contributed by atoms with van der Waals surface area (Å²) in [4.78, 5) is 8.37. The van der Waals surface area contributed by atoms with Crippen LogP contribution in [-0.2, 0) is 0 Å². The fourth-order valence-electron chi connectivity index (χ4n) is 3.28. The summed E-state index contributed by atoms with van der Waals surface area (Å²) in [5, 5.41) is 13.7. The largest absolute Gasteiger partial charge is 0.391 e. The van der Waals surface area contributed by atoms with E-state index in [0.717, 1.165) is 0 Å². The lowest BCUT2D eigenvalue weighted by molar-refractivity contribution is -0.141. The van der Waals surface area contributed by atoms with Gasteiger partial charge in [-0.2, -0.15) is 23.5 Å². The van der Waals surface area contributed by atoms with Crippen molar-refractivity contribution in [3.05, 3.63) is 60.4 Å². The van der Waals surface area contributed by atoms with Crippen molar-refractivity contribution in [2.75, 3.05) is 0 Å². The van der Waals surface area contributed by atoms with Gasteiger partial charge in [0, 0.05) is 11.6 Å². The average molecular weight is 414 g/mol. The Bertz CT molecular complexity index is 1250. The molecule has 4 aromatic rings. The molecule has 0 N–H and O–H groups in total. The molecule has 30 heavy (non-hydrogen) atoms. The molecule has 0 bridgehead atoms. The van der Waals surface area contributed by atoms with Crippen molar-refractivity contribution in [1.29, 1.82) is 5.26 Å². The molecule has 0 aliphatic heterocycles. The molecule has 152 valence electrons. The minimum Gasteiger partial charge on any atom is -0.326 e. The van der Waals surface area contributed by atoms with Crippen molar-refractivity contribution in [1.82, 2.24) is 24.1 Å². The summed E-state index contributed by atoms with van der Waals surface area (Å²) in [6.45, 7) is 1.43. The first kappa shape index (κ1) is 19.6. The molecule has 0 saturated heterocycles. The molecule has 0 amide bonds. The molecule has 0 aliphatic rings. The molecule has 4 rings (SSSR count). The van der Waals surface area contributed by atoms with E-state index in [0.29, 0.717) is 28.3 Å².